The second-order valence-electron chi connectivity index (χ2n) is 6.03. The number of piperidine rings is 1. The quantitative estimate of drug-likeness (QED) is 0.734. The molecule has 1 aliphatic heterocycles. The highest BCUT2D eigenvalue weighted by atomic mass is 79.9. The Balaban J connectivity index is 1.55. The van der Waals surface area contributed by atoms with Crippen molar-refractivity contribution in [1.29, 1.82) is 0 Å². The van der Waals surface area contributed by atoms with Crippen LogP contribution in [0.25, 0.3) is 0 Å². The first-order chi connectivity index (χ1) is 8.77. The van der Waals surface area contributed by atoms with Crippen molar-refractivity contribution in [1.82, 2.24) is 4.90 Å². The zero-order valence-corrected chi connectivity index (χ0v) is 13.4. The van der Waals surface area contributed by atoms with E-state index < -0.39 is 0 Å². The van der Waals surface area contributed by atoms with Crippen LogP contribution in [0.2, 0.25) is 0 Å². The summed E-state index contributed by atoms with van der Waals surface area (Å²) in [7, 11) is 0. The average molecular weight is 328 g/mol. The molecule has 1 aromatic rings. The first-order valence-corrected chi connectivity index (χ1v) is 8.89. The first kappa shape index (κ1) is 13.1. The van der Waals surface area contributed by atoms with E-state index in [9.17, 15) is 0 Å². The number of nitrogens with zero attached hydrogens (tertiary/aromatic N) is 1. The number of halogens is 1. The fourth-order valence-electron chi connectivity index (χ4n) is 3.63. The fraction of sp³-hybridized carbons (Fsp3) is 0.733. The predicted octanol–water partition coefficient (Wildman–Crippen LogP) is 5.06. The van der Waals surface area contributed by atoms with Gasteiger partial charge in [0.2, 0.25) is 0 Å². The van der Waals surface area contributed by atoms with Crippen LogP contribution in [-0.2, 0) is 6.54 Å². The van der Waals surface area contributed by atoms with Crippen molar-refractivity contribution in [3.05, 3.63) is 20.8 Å². The van der Waals surface area contributed by atoms with E-state index in [1.54, 1.807) is 0 Å². The summed E-state index contributed by atoms with van der Waals surface area (Å²) in [4.78, 5) is 4.14. The standard InChI is InChI=1S/C15H22BrNS/c16-13-4-11-18-14(13)12-17-9-7-15(8-10-17)5-2-1-3-6-15/h4,11H,1-3,5-10,12H2. The maximum absolute atomic E-state index is 3.65. The minimum absolute atomic E-state index is 0.738. The molecule has 3 heteroatoms. The summed E-state index contributed by atoms with van der Waals surface area (Å²) in [5, 5.41) is 2.19. The number of rotatable bonds is 2. The summed E-state index contributed by atoms with van der Waals surface area (Å²) in [6.45, 7) is 3.77. The molecule has 1 nitrogen and oxygen atoms in total. The van der Waals surface area contributed by atoms with Gasteiger partial charge in [-0.15, -0.1) is 11.3 Å². The molecule has 3 rings (SSSR count). The van der Waals surface area contributed by atoms with E-state index in [1.165, 1.54) is 67.4 Å². The number of thiophene rings is 1. The predicted molar refractivity (Wildman–Crippen MR) is 82.0 cm³/mol. The number of hydrogen-bond acceptors (Lipinski definition) is 2. The highest BCUT2D eigenvalue weighted by molar-refractivity contribution is 9.10. The largest absolute Gasteiger partial charge is 0.298 e. The maximum atomic E-state index is 3.65. The van der Waals surface area contributed by atoms with Crippen LogP contribution >= 0.6 is 27.3 Å². The van der Waals surface area contributed by atoms with Gasteiger partial charge in [0.15, 0.2) is 0 Å². The van der Waals surface area contributed by atoms with Gasteiger partial charge in [0.25, 0.3) is 0 Å². The molecule has 1 aromatic heterocycles. The van der Waals surface area contributed by atoms with Crippen LogP contribution in [0, 0.1) is 5.41 Å². The molecule has 0 unspecified atom stereocenters. The molecule has 0 bridgehead atoms. The van der Waals surface area contributed by atoms with Crippen LogP contribution in [0.3, 0.4) is 0 Å². The lowest BCUT2D eigenvalue weighted by atomic mass is 9.68. The molecule has 1 saturated heterocycles. The molecule has 0 aromatic carbocycles. The van der Waals surface area contributed by atoms with Crippen LogP contribution in [0.1, 0.15) is 49.8 Å². The van der Waals surface area contributed by atoms with Crippen LogP contribution in [0.5, 0.6) is 0 Å². The Hall–Kier alpha value is 0.140. The lowest BCUT2D eigenvalue weighted by Crippen LogP contribution is -2.40. The SMILES string of the molecule is Brc1ccsc1CN1CCC2(CCCCC2)CC1. The number of hydrogen-bond donors (Lipinski definition) is 0. The maximum Gasteiger partial charge on any atom is 0.0339 e. The summed E-state index contributed by atoms with van der Waals surface area (Å²) in [5.74, 6) is 0. The first-order valence-electron chi connectivity index (χ1n) is 7.22. The van der Waals surface area contributed by atoms with Gasteiger partial charge in [0.05, 0.1) is 0 Å². The van der Waals surface area contributed by atoms with Crippen molar-refractivity contribution in [2.45, 2.75) is 51.5 Å². The summed E-state index contributed by atoms with van der Waals surface area (Å²) in [6.07, 6.45) is 10.3. The molecule has 18 heavy (non-hydrogen) atoms. The molecule has 1 saturated carbocycles. The van der Waals surface area contributed by atoms with Gasteiger partial charge < -0.3 is 0 Å². The summed E-state index contributed by atoms with van der Waals surface area (Å²) >= 11 is 5.53. The molecule has 1 spiro atoms. The van der Waals surface area contributed by atoms with Gasteiger partial charge >= 0.3 is 0 Å². The van der Waals surface area contributed by atoms with E-state index in [0.29, 0.717) is 0 Å². The van der Waals surface area contributed by atoms with Crippen LogP contribution < -0.4 is 0 Å². The van der Waals surface area contributed by atoms with Gasteiger partial charge in [-0.05, 0) is 71.6 Å². The van der Waals surface area contributed by atoms with Crippen molar-refractivity contribution in [3.63, 3.8) is 0 Å². The van der Waals surface area contributed by atoms with E-state index in [4.69, 9.17) is 0 Å². The van der Waals surface area contributed by atoms with Crippen LogP contribution in [0.15, 0.2) is 15.9 Å². The minimum atomic E-state index is 0.738. The van der Waals surface area contributed by atoms with Gasteiger partial charge in [0, 0.05) is 15.9 Å². The van der Waals surface area contributed by atoms with Crippen molar-refractivity contribution >= 4 is 27.3 Å². The Morgan fingerprint density at radius 2 is 1.83 bits per heavy atom. The van der Waals surface area contributed by atoms with Gasteiger partial charge in [-0.2, -0.15) is 0 Å². The summed E-state index contributed by atoms with van der Waals surface area (Å²) in [5.41, 5.74) is 0.738. The monoisotopic (exact) mass is 327 g/mol. The normalized spacial score (nSPS) is 24.5. The third kappa shape index (κ3) is 2.83. The van der Waals surface area contributed by atoms with E-state index in [0.717, 1.165) is 12.0 Å². The highest BCUT2D eigenvalue weighted by Crippen LogP contribution is 2.44. The molecular weight excluding hydrogens is 306 g/mol. The van der Waals surface area contributed by atoms with Crippen molar-refractivity contribution in [3.8, 4) is 0 Å². The van der Waals surface area contributed by atoms with Crippen LogP contribution in [0.4, 0.5) is 0 Å². The van der Waals surface area contributed by atoms with Gasteiger partial charge in [0.1, 0.15) is 0 Å². The Morgan fingerprint density at radius 1 is 1.11 bits per heavy atom. The smallest absolute Gasteiger partial charge is 0.0339 e. The van der Waals surface area contributed by atoms with E-state index in [1.807, 2.05) is 11.3 Å². The van der Waals surface area contributed by atoms with Gasteiger partial charge in [-0.25, -0.2) is 0 Å². The summed E-state index contributed by atoms with van der Waals surface area (Å²) in [6, 6.07) is 2.17. The Bertz CT molecular complexity index is 385. The molecule has 0 amide bonds. The zero-order valence-electron chi connectivity index (χ0n) is 11.0. The van der Waals surface area contributed by atoms with Gasteiger partial charge in [-0.1, -0.05) is 19.3 Å². The molecular formula is C15H22BrNS. The van der Waals surface area contributed by atoms with E-state index >= 15 is 0 Å². The molecule has 100 valence electrons. The van der Waals surface area contributed by atoms with Crippen molar-refractivity contribution in [2.24, 2.45) is 5.41 Å². The van der Waals surface area contributed by atoms with E-state index in [2.05, 4.69) is 32.3 Å². The average Bonchev–Trinajstić information content (AvgIpc) is 2.79. The fourth-order valence-corrected chi connectivity index (χ4v) is 5.15. The van der Waals surface area contributed by atoms with Crippen molar-refractivity contribution in [2.75, 3.05) is 13.1 Å². The van der Waals surface area contributed by atoms with Crippen LogP contribution in [-0.4, -0.2) is 18.0 Å². The Morgan fingerprint density at radius 3 is 2.44 bits per heavy atom. The van der Waals surface area contributed by atoms with Crippen molar-refractivity contribution < 1.29 is 0 Å². The second kappa shape index (κ2) is 5.64. The highest BCUT2D eigenvalue weighted by Gasteiger charge is 2.35. The molecule has 0 atom stereocenters. The molecule has 2 fully saturated rings. The van der Waals surface area contributed by atoms with E-state index in [-0.39, 0.29) is 0 Å². The Kier molecular flexibility index (Phi) is 4.12. The Labute approximate surface area is 123 Å². The second-order valence-corrected chi connectivity index (χ2v) is 7.88. The lowest BCUT2D eigenvalue weighted by Gasteiger charge is -2.44. The molecule has 2 heterocycles. The molecule has 0 N–H and O–H groups in total. The molecule has 0 radical (unpaired) electrons. The molecule has 2 aliphatic rings. The zero-order chi connectivity index (χ0) is 12.4. The summed E-state index contributed by atoms with van der Waals surface area (Å²) < 4.78 is 1.30. The third-order valence-electron chi connectivity index (χ3n) is 4.89. The lowest BCUT2D eigenvalue weighted by molar-refractivity contribution is 0.0645. The van der Waals surface area contributed by atoms with Gasteiger partial charge in [-0.3, -0.25) is 4.90 Å². The topological polar surface area (TPSA) is 3.24 Å². The third-order valence-corrected chi connectivity index (χ3v) is 6.80. The molecule has 1 aliphatic carbocycles. The minimum Gasteiger partial charge on any atom is -0.298 e. The number of likely N-dealkylation sites (tertiary alicyclic amines) is 1.